The van der Waals surface area contributed by atoms with E-state index < -0.39 is 5.91 Å². The second-order valence-electron chi connectivity index (χ2n) is 5.71. The zero-order chi connectivity index (χ0) is 17.1. The fourth-order valence-electron chi connectivity index (χ4n) is 2.80. The maximum absolute atomic E-state index is 12.5. The first-order valence-electron chi connectivity index (χ1n) is 7.74. The van der Waals surface area contributed by atoms with E-state index in [-0.39, 0.29) is 11.9 Å². The Balaban J connectivity index is 1.86. The molecule has 3 rings (SSSR count). The average Bonchev–Trinajstić information content (AvgIpc) is 2.61. The monoisotopic (exact) mass is 318 g/mol. The Bertz CT molecular complexity index is 913. The van der Waals surface area contributed by atoms with Gasteiger partial charge in [0.05, 0.1) is 6.04 Å². The fourth-order valence-corrected chi connectivity index (χ4v) is 2.80. The van der Waals surface area contributed by atoms with Gasteiger partial charge in [0.2, 0.25) is 5.91 Å². The van der Waals surface area contributed by atoms with E-state index in [1.807, 2.05) is 49.4 Å². The average molecular weight is 318 g/mol. The SMILES string of the molecule is C[C@H](NC(=O)c1cccc(C(N)=O)c1)c1cccc2ccccc12. The molecule has 4 nitrogen and oxygen atoms in total. The quantitative estimate of drug-likeness (QED) is 0.773. The number of hydrogen-bond acceptors (Lipinski definition) is 2. The lowest BCUT2D eigenvalue weighted by Crippen LogP contribution is -2.27. The van der Waals surface area contributed by atoms with Gasteiger partial charge in [-0.25, -0.2) is 0 Å². The predicted octanol–water partition coefficient (Wildman–Crippen LogP) is 3.43. The Morgan fingerprint density at radius 3 is 2.38 bits per heavy atom. The molecule has 2 amide bonds. The number of benzene rings is 3. The zero-order valence-electron chi connectivity index (χ0n) is 13.3. The number of fused-ring (bicyclic) bond motifs is 1. The van der Waals surface area contributed by atoms with Crippen LogP contribution < -0.4 is 11.1 Å². The molecule has 3 aromatic rings. The van der Waals surface area contributed by atoms with E-state index >= 15 is 0 Å². The van der Waals surface area contributed by atoms with Gasteiger partial charge < -0.3 is 11.1 Å². The molecule has 0 aliphatic carbocycles. The first-order valence-corrected chi connectivity index (χ1v) is 7.74. The van der Waals surface area contributed by atoms with Crippen LogP contribution in [0.25, 0.3) is 10.8 Å². The Hall–Kier alpha value is -3.14. The molecule has 1 atom stereocenters. The van der Waals surface area contributed by atoms with Gasteiger partial charge in [-0.1, -0.05) is 48.5 Å². The lowest BCUT2D eigenvalue weighted by Gasteiger charge is -2.17. The van der Waals surface area contributed by atoms with Crippen molar-refractivity contribution in [2.75, 3.05) is 0 Å². The molecule has 3 aromatic carbocycles. The second kappa shape index (κ2) is 6.54. The van der Waals surface area contributed by atoms with E-state index in [0.29, 0.717) is 11.1 Å². The summed E-state index contributed by atoms with van der Waals surface area (Å²) < 4.78 is 0. The maximum Gasteiger partial charge on any atom is 0.251 e. The van der Waals surface area contributed by atoms with Crippen molar-refractivity contribution in [3.8, 4) is 0 Å². The number of rotatable bonds is 4. The van der Waals surface area contributed by atoms with Crippen LogP contribution in [-0.4, -0.2) is 11.8 Å². The summed E-state index contributed by atoms with van der Waals surface area (Å²) in [4.78, 5) is 23.7. The lowest BCUT2D eigenvalue weighted by atomic mass is 9.99. The Morgan fingerprint density at radius 2 is 1.58 bits per heavy atom. The van der Waals surface area contributed by atoms with Crippen LogP contribution in [0.1, 0.15) is 39.2 Å². The van der Waals surface area contributed by atoms with E-state index in [1.165, 1.54) is 6.07 Å². The first kappa shape index (κ1) is 15.7. The summed E-state index contributed by atoms with van der Waals surface area (Å²) in [5, 5.41) is 5.22. The van der Waals surface area contributed by atoms with Crippen molar-refractivity contribution in [3.05, 3.63) is 83.4 Å². The number of primary amides is 1. The van der Waals surface area contributed by atoms with Crippen LogP contribution in [0.15, 0.2) is 66.7 Å². The summed E-state index contributed by atoms with van der Waals surface area (Å²) in [6.07, 6.45) is 0. The Kier molecular flexibility index (Phi) is 4.29. The van der Waals surface area contributed by atoms with E-state index in [1.54, 1.807) is 18.2 Å². The van der Waals surface area contributed by atoms with Gasteiger partial charge in [-0.05, 0) is 41.5 Å². The lowest BCUT2D eigenvalue weighted by molar-refractivity contribution is 0.0940. The number of carbonyl (C=O) groups excluding carboxylic acids is 2. The minimum atomic E-state index is -0.549. The van der Waals surface area contributed by atoms with Gasteiger partial charge >= 0.3 is 0 Å². The van der Waals surface area contributed by atoms with Crippen LogP contribution in [0.3, 0.4) is 0 Å². The van der Waals surface area contributed by atoms with Crippen molar-refractivity contribution in [1.82, 2.24) is 5.32 Å². The summed E-state index contributed by atoms with van der Waals surface area (Å²) in [6.45, 7) is 1.94. The molecule has 0 heterocycles. The van der Waals surface area contributed by atoms with Crippen molar-refractivity contribution >= 4 is 22.6 Å². The maximum atomic E-state index is 12.5. The fraction of sp³-hybridized carbons (Fsp3) is 0.100. The molecule has 0 saturated heterocycles. The molecule has 0 fully saturated rings. The third kappa shape index (κ3) is 3.13. The smallest absolute Gasteiger partial charge is 0.251 e. The van der Waals surface area contributed by atoms with Crippen molar-refractivity contribution in [2.24, 2.45) is 5.73 Å². The molecule has 24 heavy (non-hydrogen) atoms. The van der Waals surface area contributed by atoms with Gasteiger partial charge in [0.25, 0.3) is 5.91 Å². The summed E-state index contributed by atoms with van der Waals surface area (Å²) in [5.74, 6) is -0.787. The topological polar surface area (TPSA) is 72.2 Å². The molecule has 4 heteroatoms. The van der Waals surface area contributed by atoms with E-state index in [2.05, 4.69) is 5.32 Å². The largest absolute Gasteiger partial charge is 0.366 e. The van der Waals surface area contributed by atoms with Crippen LogP contribution in [0.4, 0.5) is 0 Å². The molecule has 0 aliphatic rings. The van der Waals surface area contributed by atoms with Crippen LogP contribution in [-0.2, 0) is 0 Å². The standard InChI is InChI=1S/C20H18N2O2/c1-13(17-11-5-7-14-6-2-3-10-18(14)17)22-20(24)16-9-4-8-15(12-16)19(21)23/h2-13H,1H3,(H2,21,23)(H,22,24)/t13-/m0/s1. The van der Waals surface area contributed by atoms with E-state index in [0.717, 1.165) is 16.3 Å². The highest BCUT2D eigenvalue weighted by Crippen LogP contribution is 2.24. The third-order valence-electron chi connectivity index (χ3n) is 4.05. The molecule has 3 N–H and O–H groups in total. The van der Waals surface area contributed by atoms with Crippen LogP contribution in [0, 0.1) is 0 Å². The second-order valence-corrected chi connectivity index (χ2v) is 5.71. The Labute approximate surface area is 140 Å². The van der Waals surface area contributed by atoms with Crippen molar-refractivity contribution in [1.29, 1.82) is 0 Å². The summed E-state index contributed by atoms with van der Waals surface area (Å²) >= 11 is 0. The number of carbonyl (C=O) groups is 2. The van der Waals surface area contributed by atoms with E-state index in [4.69, 9.17) is 5.73 Å². The molecule has 0 aliphatic heterocycles. The highest BCUT2D eigenvalue weighted by molar-refractivity contribution is 5.99. The molecular formula is C20H18N2O2. The number of amides is 2. The van der Waals surface area contributed by atoms with Crippen molar-refractivity contribution in [2.45, 2.75) is 13.0 Å². The molecule has 0 unspecified atom stereocenters. The summed E-state index contributed by atoms with van der Waals surface area (Å²) in [5.41, 5.74) is 7.05. The number of nitrogens with two attached hydrogens (primary N) is 1. The van der Waals surface area contributed by atoms with E-state index in [9.17, 15) is 9.59 Å². The third-order valence-corrected chi connectivity index (χ3v) is 4.05. The minimum Gasteiger partial charge on any atom is -0.366 e. The molecule has 0 saturated carbocycles. The van der Waals surface area contributed by atoms with Crippen LogP contribution in [0.2, 0.25) is 0 Å². The van der Waals surface area contributed by atoms with Crippen LogP contribution >= 0.6 is 0 Å². The molecule has 0 spiro atoms. The van der Waals surface area contributed by atoms with Crippen LogP contribution in [0.5, 0.6) is 0 Å². The highest BCUT2D eigenvalue weighted by Gasteiger charge is 2.14. The molecule has 0 bridgehead atoms. The Morgan fingerprint density at radius 1 is 0.917 bits per heavy atom. The molecule has 120 valence electrons. The van der Waals surface area contributed by atoms with Crippen molar-refractivity contribution < 1.29 is 9.59 Å². The highest BCUT2D eigenvalue weighted by atomic mass is 16.2. The van der Waals surface area contributed by atoms with Gasteiger partial charge in [-0.15, -0.1) is 0 Å². The molecular weight excluding hydrogens is 300 g/mol. The zero-order valence-corrected chi connectivity index (χ0v) is 13.3. The van der Waals surface area contributed by atoms with Crippen molar-refractivity contribution in [3.63, 3.8) is 0 Å². The molecule has 0 aromatic heterocycles. The summed E-state index contributed by atoms with van der Waals surface area (Å²) in [7, 11) is 0. The van der Waals surface area contributed by atoms with Gasteiger partial charge in [-0.3, -0.25) is 9.59 Å². The minimum absolute atomic E-state index is 0.166. The number of hydrogen-bond donors (Lipinski definition) is 2. The number of nitrogens with one attached hydrogen (secondary N) is 1. The van der Waals surface area contributed by atoms with Gasteiger partial charge in [0.1, 0.15) is 0 Å². The first-order chi connectivity index (χ1) is 11.6. The normalized spacial score (nSPS) is 11.9. The summed E-state index contributed by atoms with van der Waals surface area (Å²) in [6, 6.07) is 20.3. The van der Waals surface area contributed by atoms with Gasteiger partial charge in [-0.2, -0.15) is 0 Å². The molecule has 0 radical (unpaired) electrons. The predicted molar refractivity (Wildman–Crippen MR) is 94.8 cm³/mol. The van der Waals surface area contributed by atoms with Gasteiger partial charge in [0, 0.05) is 11.1 Å². The van der Waals surface area contributed by atoms with Gasteiger partial charge in [0.15, 0.2) is 0 Å².